The number of benzene rings is 1. The van der Waals surface area contributed by atoms with Crippen molar-refractivity contribution in [3.8, 4) is 0 Å². The van der Waals surface area contributed by atoms with Crippen LogP contribution in [0.5, 0.6) is 0 Å². The summed E-state index contributed by atoms with van der Waals surface area (Å²) >= 11 is 0. The predicted octanol–water partition coefficient (Wildman–Crippen LogP) is 2.78. The number of amides is 1. The minimum absolute atomic E-state index is 0.409. The van der Waals surface area contributed by atoms with Gasteiger partial charge in [-0.15, -0.1) is 0 Å². The van der Waals surface area contributed by atoms with Crippen LogP contribution in [-0.2, 0) is 9.47 Å². The summed E-state index contributed by atoms with van der Waals surface area (Å²) in [5, 5.41) is 0. The van der Waals surface area contributed by atoms with E-state index in [0.29, 0.717) is 24.3 Å². The van der Waals surface area contributed by atoms with Gasteiger partial charge in [0.05, 0.1) is 12.7 Å². The molecule has 0 bridgehead atoms. The Morgan fingerprint density at radius 3 is 2.04 bits per heavy atom. The fourth-order valence-electron chi connectivity index (χ4n) is 1.84. The Morgan fingerprint density at radius 2 is 1.61 bits per heavy atom. The molecule has 0 unspecified atom stereocenters. The lowest BCUT2D eigenvalue weighted by Crippen LogP contribution is -2.40. The number of hydrogen-bond acceptors (Lipinski definition) is 5. The summed E-state index contributed by atoms with van der Waals surface area (Å²) in [4.78, 5) is 27.5. The average Bonchev–Trinajstić information content (AvgIpc) is 2.45. The predicted molar refractivity (Wildman–Crippen MR) is 89.9 cm³/mol. The topological polar surface area (TPSA) is 59.1 Å². The highest BCUT2D eigenvalue weighted by Gasteiger charge is 2.23. The number of esters is 1. The van der Waals surface area contributed by atoms with Crippen LogP contribution in [-0.4, -0.2) is 56.9 Å². The monoisotopic (exact) mass is 322 g/mol. The standard InChI is InChI=1S/C17H26N2O4/c1-17(2,3)23-16(21)19(12-11-18(4)5)14-9-7-13(8-10-14)15(20)22-6/h7-10H,11-12H2,1-6H3. The molecule has 0 fully saturated rings. The van der Waals surface area contributed by atoms with Crippen LogP contribution in [0.15, 0.2) is 24.3 Å². The normalized spacial score (nSPS) is 11.3. The summed E-state index contributed by atoms with van der Waals surface area (Å²) in [6, 6.07) is 6.69. The summed E-state index contributed by atoms with van der Waals surface area (Å²) < 4.78 is 10.1. The van der Waals surface area contributed by atoms with Gasteiger partial charge in [-0.3, -0.25) is 4.90 Å². The molecule has 23 heavy (non-hydrogen) atoms. The minimum Gasteiger partial charge on any atom is -0.465 e. The second-order valence-corrected chi connectivity index (χ2v) is 6.47. The first-order valence-corrected chi connectivity index (χ1v) is 7.47. The Morgan fingerprint density at radius 1 is 1.04 bits per heavy atom. The molecule has 6 nitrogen and oxygen atoms in total. The van der Waals surface area contributed by atoms with Crippen LogP contribution in [0.4, 0.5) is 10.5 Å². The number of carbonyl (C=O) groups excluding carboxylic acids is 2. The van der Waals surface area contributed by atoms with Gasteiger partial charge in [0.25, 0.3) is 0 Å². The van der Waals surface area contributed by atoms with Crippen molar-refractivity contribution in [1.29, 1.82) is 0 Å². The van der Waals surface area contributed by atoms with Crippen molar-refractivity contribution in [2.24, 2.45) is 0 Å². The van der Waals surface area contributed by atoms with E-state index in [2.05, 4.69) is 4.74 Å². The van der Waals surface area contributed by atoms with Gasteiger partial charge in [0.2, 0.25) is 0 Å². The van der Waals surface area contributed by atoms with Gasteiger partial charge in [0, 0.05) is 18.8 Å². The van der Waals surface area contributed by atoms with Crippen molar-refractivity contribution in [2.75, 3.05) is 39.2 Å². The molecule has 0 saturated carbocycles. The molecule has 0 saturated heterocycles. The number of likely N-dealkylation sites (N-methyl/N-ethyl adjacent to an activating group) is 1. The van der Waals surface area contributed by atoms with Crippen LogP contribution in [0.1, 0.15) is 31.1 Å². The molecule has 1 aromatic rings. The summed E-state index contributed by atoms with van der Waals surface area (Å²) in [7, 11) is 5.21. The van der Waals surface area contributed by atoms with Crippen LogP contribution in [0.25, 0.3) is 0 Å². The van der Waals surface area contributed by atoms with E-state index in [9.17, 15) is 9.59 Å². The van der Waals surface area contributed by atoms with E-state index in [1.165, 1.54) is 7.11 Å². The molecule has 0 spiro atoms. The zero-order chi connectivity index (χ0) is 17.6. The third-order valence-corrected chi connectivity index (χ3v) is 2.98. The molecule has 0 atom stereocenters. The van der Waals surface area contributed by atoms with E-state index < -0.39 is 17.7 Å². The van der Waals surface area contributed by atoms with Crippen molar-refractivity contribution in [1.82, 2.24) is 4.90 Å². The lowest BCUT2D eigenvalue weighted by molar-refractivity contribution is 0.0576. The molecule has 128 valence electrons. The van der Waals surface area contributed by atoms with Crippen molar-refractivity contribution in [2.45, 2.75) is 26.4 Å². The number of rotatable bonds is 5. The number of nitrogens with zero attached hydrogens (tertiary/aromatic N) is 2. The van der Waals surface area contributed by atoms with Gasteiger partial charge >= 0.3 is 12.1 Å². The fourth-order valence-corrected chi connectivity index (χ4v) is 1.84. The molecule has 1 aromatic carbocycles. The Hall–Kier alpha value is -2.08. The number of carbonyl (C=O) groups is 2. The molecule has 6 heteroatoms. The molecule has 0 aromatic heterocycles. The Balaban J connectivity index is 2.98. The molecule has 0 aliphatic carbocycles. The van der Waals surface area contributed by atoms with E-state index >= 15 is 0 Å². The average molecular weight is 322 g/mol. The van der Waals surface area contributed by atoms with Crippen LogP contribution in [0.2, 0.25) is 0 Å². The quantitative estimate of drug-likeness (QED) is 0.780. The maximum Gasteiger partial charge on any atom is 0.414 e. The lowest BCUT2D eigenvalue weighted by atomic mass is 10.2. The second-order valence-electron chi connectivity index (χ2n) is 6.47. The first kappa shape index (κ1) is 19.0. The van der Waals surface area contributed by atoms with Crippen LogP contribution < -0.4 is 4.90 Å². The number of methoxy groups -OCH3 is 1. The summed E-state index contributed by atoms with van der Waals surface area (Å²) in [6.45, 7) is 6.66. The molecule has 0 heterocycles. The molecule has 0 radical (unpaired) electrons. The Labute approximate surface area is 138 Å². The lowest BCUT2D eigenvalue weighted by Gasteiger charge is -2.28. The molecular weight excluding hydrogens is 296 g/mol. The maximum absolute atomic E-state index is 12.4. The van der Waals surface area contributed by atoms with E-state index in [1.807, 2.05) is 39.8 Å². The van der Waals surface area contributed by atoms with Gasteiger partial charge in [-0.1, -0.05) is 0 Å². The van der Waals surface area contributed by atoms with Crippen molar-refractivity contribution >= 4 is 17.7 Å². The van der Waals surface area contributed by atoms with E-state index in [4.69, 9.17) is 4.74 Å². The summed E-state index contributed by atoms with van der Waals surface area (Å²) in [5.74, 6) is -0.409. The van der Waals surface area contributed by atoms with Gasteiger partial charge < -0.3 is 14.4 Å². The molecule has 1 amide bonds. The van der Waals surface area contributed by atoms with Gasteiger partial charge in [-0.2, -0.15) is 0 Å². The Bertz CT molecular complexity index is 533. The highest BCUT2D eigenvalue weighted by atomic mass is 16.6. The van der Waals surface area contributed by atoms with Crippen LogP contribution in [0.3, 0.4) is 0 Å². The number of hydrogen-bond donors (Lipinski definition) is 0. The zero-order valence-electron chi connectivity index (χ0n) is 14.8. The van der Waals surface area contributed by atoms with Crippen molar-refractivity contribution < 1.29 is 19.1 Å². The van der Waals surface area contributed by atoms with E-state index in [1.54, 1.807) is 29.2 Å². The smallest absolute Gasteiger partial charge is 0.414 e. The third-order valence-electron chi connectivity index (χ3n) is 2.98. The van der Waals surface area contributed by atoms with Crippen molar-refractivity contribution in [3.63, 3.8) is 0 Å². The van der Waals surface area contributed by atoms with E-state index in [-0.39, 0.29) is 0 Å². The highest BCUT2D eigenvalue weighted by Crippen LogP contribution is 2.19. The fraction of sp³-hybridized carbons (Fsp3) is 0.529. The maximum atomic E-state index is 12.4. The largest absolute Gasteiger partial charge is 0.465 e. The summed E-state index contributed by atoms with van der Waals surface area (Å²) in [5.41, 5.74) is 0.543. The van der Waals surface area contributed by atoms with Crippen LogP contribution in [0, 0.1) is 0 Å². The summed E-state index contributed by atoms with van der Waals surface area (Å²) in [6.07, 6.45) is -0.412. The van der Waals surface area contributed by atoms with Gasteiger partial charge in [0.15, 0.2) is 0 Å². The number of ether oxygens (including phenoxy) is 2. The molecule has 0 N–H and O–H groups in total. The van der Waals surface area contributed by atoms with Gasteiger partial charge in [0.1, 0.15) is 5.60 Å². The van der Waals surface area contributed by atoms with Crippen molar-refractivity contribution in [3.05, 3.63) is 29.8 Å². The second kappa shape index (κ2) is 7.97. The van der Waals surface area contributed by atoms with E-state index in [0.717, 1.165) is 0 Å². The zero-order valence-corrected chi connectivity index (χ0v) is 14.8. The first-order chi connectivity index (χ1) is 10.6. The highest BCUT2D eigenvalue weighted by molar-refractivity contribution is 5.92. The first-order valence-electron chi connectivity index (χ1n) is 7.47. The molecular formula is C17H26N2O4. The third kappa shape index (κ3) is 6.28. The van der Waals surface area contributed by atoms with Gasteiger partial charge in [-0.25, -0.2) is 9.59 Å². The molecule has 1 rings (SSSR count). The van der Waals surface area contributed by atoms with Gasteiger partial charge in [-0.05, 0) is 59.1 Å². The molecule has 0 aliphatic heterocycles. The Kier molecular flexibility index (Phi) is 6.57. The molecule has 0 aliphatic rings. The SMILES string of the molecule is COC(=O)c1ccc(N(CCN(C)C)C(=O)OC(C)(C)C)cc1. The minimum atomic E-state index is -0.570. The number of anilines is 1. The van der Waals surface area contributed by atoms with Crippen LogP contribution >= 0.6 is 0 Å².